The smallest absolute Gasteiger partial charge is 0.336 e. The third-order valence-corrected chi connectivity index (χ3v) is 5.47. The minimum Gasteiger partial charge on any atom is -0.469 e. The molecule has 0 saturated heterocycles. The van der Waals surface area contributed by atoms with E-state index in [-0.39, 0.29) is 23.6 Å². The Morgan fingerprint density at radius 1 is 0.973 bits per heavy atom. The summed E-state index contributed by atoms with van der Waals surface area (Å²) in [7, 11) is 4.53. The van der Waals surface area contributed by atoms with Gasteiger partial charge in [-0.05, 0) is 24.8 Å². The number of aryl methyl sites for hydroxylation is 1. The minimum absolute atomic E-state index is 0.0290. The van der Waals surface area contributed by atoms with Crippen LogP contribution in [0.4, 0.5) is 0 Å². The normalized spacial score (nSPS) is 13.5. The van der Waals surface area contributed by atoms with E-state index in [0.717, 1.165) is 54.7 Å². The van der Waals surface area contributed by atoms with Crippen molar-refractivity contribution in [1.29, 1.82) is 0 Å². The highest BCUT2D eigenvalue weighted by Gasteiger charge is 2.22. The lowest BCUT2D eigenvalue weighted by molar-refractivity contribution is -0.143. The maximum atomic E-state index is 11.4. The topological polar surface area (TPSA) is 134 Å². The van der Waals surface area contributed by atoms with Crippen molar-refractivity contribution in [2.24, 2.45) is 9.98 Å². The second-order valence-corrected chi connectivity index (χ2v) is 8.61. The van der Waals surface area contributed by atoms with E-state index < -0.39 is 5.97 Å². The molecule has 0 saturated carbocycles. The number of carbonyl (C=O) groups is 3. The lowest BCUT2D eigenvalue weighted by Crippen LogP contribution is -2.13. The predicted octanol–water partition coefficient (Wildman–Crippen LogP) is 3.29. The highest BCUT2D eigenvalue weighted by Crippen LogP contribution is 2.22. The van der Waals surface area contributed by atoms with Gasteiger partial charge in [-0.3, -0.25) is 24.4 Å². The van der Waals surface area contributed by atoms with E-state index in [1.54, 1.807) is 20.3 Å². The summed E-state index contributed by atoms with van der Waals surface area (Å²) < 4.78 is 19.4. The number of rotatable bonds is 12. The van der Waals surface area contributed by atoms with Gasteiger partial charge in [-0.2, -0.15) is 0 Å². The fourth-order valence-corrected chi connectivity index (χ4v) is 3.62. The molecule has 2 aliphatic rings. The molecule has 37 heavy (non-hydrogen) atoms. The number of carbonyl (C=O) groups excluding carboxylic acids is 3. The molecule has 0 N–H and O–H groups in total. The number of esters is 1. The second kappa shape index (κ2) is 18.3. The molecule has 0 unspecified atom stereocenters. The summed E-state index contributed by atoms with van der Waals surface area (Å²) in [6.45, 7) is 5.94. The molecule has 10 nitrogen and oxygen atoms in total. The van der Waals surface area contributed by atoms with Gasteiger partial charge in [0.2, 0.25) is 0 Å². The molecule has 0 radical (unpaired) electrons. The Labute approximate surface area is 218 Å². The van der Waals surface area contributed by atoms with Gasteiger partial charge in [0.15, 0.2) is 5.78 Å². The van der Waals surface area contributed by atoms with Gasteiger partial charge in [0.1, 0.15) is 18.0 Å². The molecule has 1 aromatic rings. The average Bonchev–Trinajstić information content (AvgIpc) is 3.48. The number of unbranched alkanes of at least 4 members (excludes halogenated alkanes) is 2. The number of hydrogen-bond acceptors (Lipinski definition) is 10. The van der Waals surface area contributed by atoms with E-state index in [1.807, 2.05) is 6.92 Å². The van der Waals surface area contributed by atoms with E-state index >= 15 is 0 Å². The highest BCUT2D eigenvalue weighted by atomic mass is 16.5. The van der Waals surface area contributed by atoms with Gasteiger partial charge in [0.05, 0.1) is 39.1 Å². The van der Waals surface area contributed by atoms with Gasteiger partial charge < -0.3 is 18.6 Å². The quantitative estimate of drug-likeness (QED) is 0.303. The van der Waals surface area contributed by atoms with Crippen LogP contribution in [0.15, 0.2) is 25.3 Å². The van der Waals surface area contributed by atoms with Crippen molar-refractivity contribution in [3.8, 4) is 0 Å². The first-order chi connectivity index (χ1) is 17.8. The fraction of sp³-hybridized carbons (Fsp3) is 0.630. The van der Waals surface area contributed by atoms with Crippen molar-refractivity contribution in [3.05, 3.63) is 33.4 Å². The summed E-state index contributed by atoms with van der Waals surface area (Å²) in [5.41, 5.74) is 3.55. The van der Waals surface area contributed by atoms with Crippen molar-refractivity contribution in [3.63, 3.8) is 0 Å². The zero-order chi connectivity index (χ0) is 27.6. The Morgan fingerprint density at radius 3 is 2.24 bits per heavy atom. The van der Waals surface area contributed by atoms with Crippen LogP contribution in [0, 0.1) is 0 Å². The van der Waals surface area contributed by atoms with E-state index in [1.165, 1.54) is 7.11 Å². The summed E-state index contributed by atoms with van der Waals surface area (Å²) in [6.07, 6.45) is 5.81. The predicted molar refractivity (Wildman–Crippen MR) is 141 cm³/mol. The van der Waals surface area contributed by atoms with Gasteiger partial charge >= 0.3 is 11.6 Å². The van der Waals surface area contributed by atoms with Crippen LogP contribution in [-0.2, 0) is 41.6 Å². The Kier molecular flexibility index (Phi) is 15.8. The van der Waals surface area contributed by atoms with Crippen LogP contribution in [0.5, 0.6) is 0 Å². The van der Waals surface area contributed by atoms with Crippen LogP contribution in [0.1, 0.15) is 75.7 Å². The van der Waals surface area contributed by atoms with Gasteiger partial charge in [-0.25, -0.2) is 4.79 Å². The molecule has 0 amide bonds. The number of nitrogens with zero attached hydrogens (tertiary/aromatic N) is 2. The molecule has 1 aromatic heterocycles. The largest absolute Gasteiger partial charge is 0.469 e. The maximum Gasteiger partial charge on any atom is 0.336 e. The molecule has 3 rings (SSSR count). The van der Waals surface area contributed by atoms with Crippen molar-refractivity contribution in [1.82, 2.24) is 0 Å². The van der Waals surface area contributed by atoms with Crippen LogP contribution in [0.25, 0.3) is 0 Å². The first-order valence-corrected chi connectivity index (χ1v) is 12.6. The molecule has 0 fully saturated rings. The first kappa shape index (κ1) is 32.0. The molecule has 3 heterocycles. The molecule has 2 aliphatic heterocycles. The van der Waals surface area contributed by atoms with Gasteiger partial charge in [-0.15, -0.1) is 0 Å². The average molecular weight is 521 g/mol. The third kappa shape index (κ3) is 12.2. The first-order valence-electron chi connectivity index (χ1n) is 12.6. The molecule has 0 spiro atoms. The summed E-state index contributed by atoms with van der Waals surface area (Å²) in [5, 5.41) is 0. The summed E-state index contributed by atoms with van der Waals surface area (Å²) in [5.74, 6) is 0.419. The fourth-order valence-electron chi connectivity index (χ4n) is 3.62. The zero-order valence-electron chi connectivity index (χ0n) is 22.7. The number of methoxy groups -OCH3 is 3. The lowest BCUT2D eigenvalue weighted by Gasteiger charge is -2.08. The number of fused-ring (bicyclic) bond motifs is 1. The Balaban J connectivity index is 0.000000297. The zero-order valence-corrected chi connectivity index (χ0v) is 22.7. The highest BCUT2D eigenvalue weighted by molar-refractivity contribution is 6.08. The lowest BCUT2D eigenvalue weighted by atomic mass is 10.0. The molecule has 0 bridgehead atoms. The Hall–Kier alpha value is -2.98. The summed E-state index contributed by atoms with van der Waals surface area (Å²) in [6, 6.07) is 1.59. The number of ether oxygens (including phenoxy) is 3. The van der Waals surface area contributed by atoms with Crippen molar-refractivity contribution >= 4 is 29.0 Å². The van der Waals surface area contributed by atoms with E-state index in [9.17, 15) is 19.2 Å². The van der Waals surface area contributed by atoms with Crippen LogP contribution >= 0.6 is 0 Å². The standard InChI is InChI=1S/C13H17NO3.C8H14O3.C6H9NO2/c1-3-4-5-9-6-12(15)17-11-7-14-10(8-16-2)13(9)11;1-3-4-5-7(9)6-8(10)11-2;1-9-4-5-2-6(8)3-7-5/h6H,3-5,7-8H2,1-2H3;3-6H2,1-2H3;2-4H2,1H3. The number of ketones is 2. The monoisotopic (exact) mass is 520 g/mol. The van der Waals surface area contributed by atoms with Gasteiger partial charge in [0, 0.05) is 44.4 Å². The molecule has 0 atom stereocenters. The van der Waals surface area contributed by atoms with Gasteiger partial charge in [0.25, 0.3) is 0 Å². The summed E-state index contributed by atoms with van der Waals surface area (Å²) >= 11 is 0. The SMILES string of the molecule is CCCCC(=O)CC(=O)OC.CCCCc1cc(=O)oc2c1C(COC)=NC2.COCC1=NCC(=O)C1. The van der Waals surface area contributed by atoms with Crippen molar-refractivity contribution in [2.45, 2.75) is 71.8 Å². The van der Waals surface area contributed by atoms with Crippen molar-refractivity contribution < 1.29 is 33.0 Å². The second-order valence-electron chi connectivity index (χ2n) is 8.61. The molecular formula is C27H40N2O8. The molecule has 206 valence electrons. The Morgan fingerprint density at radius 2 is 1.68 bits per heavy atom. The van der Waals surface area contributed by atoms with Crippen LogP contribution < -0.4 is 5.63 Å². The number of Topliss-reactive ketones (excluding diaryl/α,β-unsaturated/α-hetero) is 2. The third-order valence-electron chi connectivity index (χ3n) is 5.47. The Bertz CT molecular complexity index is 1010. The number of hydrogen-bond donors (Lipinski definition) is 0. The van der Waals surface area contributed by atoms with Crippen LogP contribution in [-0.4, -0.2) is 70.0 Å². The molecular weight excluding hydrogens is 480 g/mol. The molecule has 0 aromatic carbocycles. The van der Waals surface area contributed by atoms with E-state index in [0.29, 0.717) is 44.9 Å². The minimum atomic E-state index is -0.439. The van der Waals surface area contributed by atoms with Crippen LogP contribution in [0.3, 0.4) is 0 Å². The van der Waals surface area contributed by atoms with Gasteiger partial charge in [-0.1, -0.05) is 26.7 Å². The number of aliphatic imine (C=N–C) groups is 2. The van der Waals surface area contributed by atoms with E-state index in [4.69, 9.17) is 13.9 Å². The summed E-state index contributed by atoms with van der Waals surface area (Å²) in [4.78, 5) is 51.7. The van der Waals surface area contributed by atoms with Crippen LogP contribution in [0.2, 0.25) is 0 Å². The molecule has 10 heteroatoms. The maximum absolute atomic E-state index is 11.4. The van der Waals surface area contributed by atoms with Crippen molar-refractivity contribution in [2.75, 3.05) is 41.1 Å². The van der Waals surface area contributed by atoms with E-state index in [2.05, 4.69) is 21.6 Å². The molecule has 0 aliphatic carbocycles.